The van der Waals surface area contributed by atoms with Crippen LogP contribution in [-0.2, 0) is 0 Å². The Morgan fingerprint density at radius 1 is 1.33 bits per heavy atom. The second kappa shape index (κ2) is 5.31. The number of benzene rings is 1. The highest BCUT2D eigenvalue weighted by Crippen LogP contribution is 2.24. The van der Waals surface area contributed by atoms with Gasteiger partial charge in [0.25, 0.3) is 0 Å². The molecular weight excluding hydrogens is 246 g/mol. The Balaban J connectivity index is 2.35. The predicted octanol–water partition coefficient (Wildman–Crippen LogP) is 3.47. The lowest BCUT2D eigenvalue weighted by molar-refractivity contribution is 0.103. The Bertz CT molecular complexity index is 560. The van der Waals surface area contributed by atoms with Crippen LogP contribution in [0.25, 0.3) is 0 Å². The molecule has 0 N–H and O–H groups in total. The fraction of sp³-hybridized carbons (Fsp3) is 0.286. The molecule has 2 rings (SSSR count). The number of nitrogens with zero attached hydrogens (tertiary/aromatic N) is 1. The molecule has 1 aromatic carbocycles. The van der Waals surface area contributed by atoms with Crippen LogP contribution < -0.4 is 4.74 Å². The topological polar surface area (TPSA) is 39.2 Å². The number of carbonyl (C=O) groups is 1. The fourth-order valence-electron chi connectivity index (χ4n) is 1.61. The number of para-hydroxylation sites is 1. The number of rotatable bonds is 4. The van der Waals surface area contributed by atoms with Gasteiger partial charge in [-0.05, 0) is 32.9 Å². The summed E-state index contributed by atoms with van der Waals surface area (Å²) in [7, 11) is 0. The zero-order valence-corrected chi connectivity index (χ0v) is 11.5. The number of ketones is 1. The van der Waals surface area contributed by atoms with Gasteiger partial charge in [0, 0.05) is 6.20 Å². The zero-order valence-electron chi connectivity index (χ0n) is 10.6. The normalized spacial score (nSPS) is 10.7. The first-order valence-electron chi connectivity index (χ1n) is 5.80. The molecule has 0 atom stereocenters. The molecule has 0 aliphatic rings. The summed E-state index contributed by atoms with van der Waals surface area (Å²) in [5.74, 6) is 0.598. The molecule has 0 amide bonds. The first-order chi connectivity index (χ1) is 8.58. The molecule has 0 unspecified atom stereocenters. The molecule has 0 saturated heterocycles. The van der Waals surface area contributed by atoms with Crippen molar-refractivity contribution in [1.29, 1.82) is 0 Å². The van der Waals surface area contributed by atoms with E-state index in [2.05, 4.69) is 4.98 Å². The molecule has 1 heterocycles. The molecule has 0 spiro atoms. The van der Waals surface area contributed by atoms with Crippen molar-refractivity contribution in [2.24, 2.45) is 0 Å². The summed E-state index contributed by atoms with van der Waals surface area (Å²) in [5, 5.41) is 0.889. The Hall–Kier alpha value is -1.68. The van der Waals surface area contributed by atoms with Crippen LogP contribution in [0.2, 0.25) is 0 Å². The van der Waals surface area contributed by atoms with E-state index in [1.54, 1.807) is 12.3 Å². The van der Waals surface area contributed by atoms with Gasteiger partial charge in [0.1, 0.15) is 5.75 Å². The second-order valence-electron chi connectivity index (χ2n) is 4.24. The second-order valence-corrected chi connectivity index (χ2v) is 5.47. The summed E-state index contributed by atoms with van der Waals surface area (Å²) in [5.41, 5.74) is 0.592. The molecule has 4 heteroatoms. The van der Waals surface area contributed by atoms with Crippen LogP contribution in [0.1, 0.15) is 34.1 Å². The smallest absolute Gasteiger partial charge is 0.208 e. The molecule has 1 aromatic heterocycles. The van der Waals surface area contributed by atoms with Crippen molar-refractivity contribution >= 4 is 17.1 Å². The largest absolute Gasteiger partial charge is 0.490 e. The number of aromatic nitrogens is 1. The number of thiazole rings is 1. The molecule has 3 nitrogen and oxygen atoms in total. The number of aryl methyl sites for hydroxylation is 1. The fourth-order valence-corrected chi connectivity index (χ4v) is 2.34. The summed E-state index contributed by atoms with van der Waals surface area (Å²) in [4.78, 5) is 17.1. The van der Waals surface area contributed by atoms with Gasteiger partial charge in [0.05, 0.1) is 21.6 Å². The van der Waals surface area contributed by atoms with Gasteiger partial charge in [-0.1, -0.05) is 12.1 Å². The van der Waals surface area contributed by atoms with Crippen molar-refractivity contribution in [2.45, 2.75) is 26.9 Å². The Morgan fingerprint density at radius 3 is 2.67 bits per heavy atom. The first kappa shape index (κ1) is 12.8. The molecule has 0 radical (unpaired) electrons. The lowest BCUT2D eigenvalue weighted by Gasteiger charge is -2.12. The monoisotopic (exact) mass is 261 g/mol. The molecule has 94 valence electrons. The zero-order chi connectivity index (χ0) is 13.1. The maximum atomic E-state index is 12.4. The SMILES string of the molecule is Cc1ncc(C(=O)c2ccccc2OC(C)C)s1. The quantitative estimate of drug-likeness (QED) is 0.791. The Morgan fingerprint density at radius 2 is 2.06 bits per heavy atom. The highest BCUT2D eigenvalue weighted by molar-refractivity contribution is 7.13. The van der Waals surface area contributed by atoms with Crippen LogP contribution in [0.4, 0.5) is 0 Å². The van der Waals surface area contributed by atoms with E-state index in [9.17, 15) is 4.79 Å². The van der Waals surface area contributed by atoms with Crippen molar-refractivity contribution < 1.29 is 9.53 Å². The van der Waals surface area contributed by atoms with E-state index in [-0.39, 0.29) is 11.9 Å². The summed E-state index contributed by atoms with van der Waals surface area (Å²) in [6, 6.07) is 7.32. The standard InChI is InChI=1S/C14H15NO2S/c1-9(2)17-12-7-5-4-6-11(12)14(16)13-8-15-10(3)18-13/h4-9H,1-3H3. The van der Waals surface area contributed by atoms with Gasteiger partial charge in [0.15, 0.2) is 0 Å². The predicted molar refractivity (Wildman–Crippen MR) is 72.5 cm³/mol. The molecular formula is C14H15NO2S. The van der Waals surface area contributed by atoms with E-state index >= 15 is 0 Å². The van der Waals surface area contributed by atoms with Gasteiger partial charge < -0.3 is 4.74 Å². The lowest BCUT2D eigenvalue weighted by atomic mass is 10.1. The third-order valence-corrected chi connectivity index (χ3v) is 3.25. The number of carbonyl (C=O) groups excluding carboxylic acids is 1. The maximum Gasteiger partial charge on any atom is 0.208 e. The van der Waals surface area contributed by atoms with Crippen LogP contribution in [-0.4, -0.2) is 16.9 Å². The van der Waals surface area contributed by atoms with E-state index in [1.807, 2.05) is 39.0 Å². The molecule has 0 saturated carbocycles. The van der Waals surface area contributed by atoms with Crippen molar-refractivity contribution in [3.8, 4) is 5.75 Å². The van der Waals surface area contributed by atoms with E-state index in [1.165, 1.54) is 11.3 Å². The van der Waals surface area contributed by atoms with Crippen LogP contribution in [0, 0.1) is 6.92 Å². The summed E-state index contributed by atoms with van der Waals surface area (Å²) >= 11 is 1.40. The molecule has 2 aromatic rings. The highest BCUT2D eigenvalue weighted by Gasteiger charge is 2.16. The Labute approximate surface area is 110 Å². The van der Waals surface area contributed by atoms with Gasteiger partial charge in [-0.3, -0.25) is 4.79 Å². The molecule has 0 bridgehead atoms. The average molecular weight is 261 g/mol. The summed E-state index contributed by atoms with van der Waals surface area (Å²) in [6.45, 7) is 5.77. The van der Waals surface area contributed by atoms with E-state index < -0.39 is 0 Å². The molecule has 0 aliphatic heterocycles. The van der Waals surface area contributed by atoms with Crippen molar-refractivity contribution in [3.05, 3.63) is 45.9 Å². The maximum absolute atomic E-state index is 12.4. The number of hydrogen-bond acceptors (Lipinski definition) is 4. The van der Waals surface area contributed by atoms with Crippen molar-refractivity contribution in [1.82, 2.24) is 4.98 Å². The summed E-state index contributed by atoms with van der Waals surface area (Å²) in [6.07, 6.45) is 1.66. The molecule has 0 aliphatic carbocycles. The van der Waals surface area contributed by atoms with Gasteiger partial charge in [-0.15, -0.1) is 11.3 Å². The van der Waals surface area contributed by atoms with Crippen LogP contribution >= 0.6 is 11.3 Å². The van der Waals surface area contributed by atoms with Crippen LogP contribution in [0.15, 0.2) is 30.5 Å². The molecule has 18 heavy (non-hydrogen) atoms. The molecule has 0 fully saturated rings. The Kier molecular flexibility index (Phi) is 3.77. The first-order valence-corrected chi connectivity index (χ1v) is 6.62. The minimum atomic E-state index is -0.0307. The third kappa shape index (κ3) is 2.76. The van der Waals surface area contributed by atoms with Gasteiger partial charge in [-0.2, -0.15) is 0 Å². The minimum absolute atomic E-state index is 0.0307. The van der Waals surface area contributed by atoms with Gasteiger partial charge in [0.2, 0.25) is 5.78 Å². The summed E-state index contributed by atoms with van der Waals surface area (Å²) < 4.78 is 5.66. The van der Waals surface area contributed by atoms with E-state index in [4.69, 9.17) is 4.74 Å². The van der Waals surface area contributed by atoms with Crippen molar-refractivity contribution in [2.75, 3.05) is 0 Å². The third-order valence-electron chi connectivity index (χ3n) is 2.34. The highest BCUT2D eigenvalue weighted by atomic mass is 32.1. The number of ether oxygens (including phenoxy) is 1. The number of hydrogen-bond donors (Lipinski definition) is 0. The van der Waals surface area contributed by atoms with Crippen molar-refractivity contribution in [3.63, 3.8) is 0 Å². The van der Waals surface area contributed by atoms with Gasteiger partial charge in [-0.25, -0.2) is 4.98 Å². The lowest BCUT2D eigenvalue weighted by Crippen LogP contribution is -2.10. The van der Waals surface area contributed by atoms with Crippen LogP contribution in [0.5, 0.6) is 5.75 Å². The van der Waals surface area contributed by atoms with E-state index in [0.29, 0.717) is 16.2 Å². The van der Waals surface area contributed by atoms with Crippen LogP contribution in [0.3, 0.4) is 0 Å². The average Bonchev–Trinajstić information content (AvgIpc) is 2.75. The van der Waals surface area contributed by atoms with Gasteiger partial charge >= 0.3 is 0 Å². The van der Waals surface area contributed by atoms with E-state index in [0.717, 1.165) is 5.01 Å². The minimum Gasteiger partial charge on any atom is -0.490 e.